The largest absolute Gasteiger partial charge is 0.204 e. The van der Waals surface area contributed by atoms with E-state index in [0.29, 0.717) is 11.6 Å². The molecule has 3 rings (SSSR count). The average molecular weight is 290 g/mol. The third kappa shape index (κ3) is 2.48. The zero-order valence-electron chi connectivity index (χ0n) is 13.3. The van der Waals surface area contributed by atoms with Crippen molar-refractivity contribution in [2.75, 3.05) is 0 Å². The first-order valence-electron chi connectivity index (χ1n) is 7.28. The van der Waals surface area contributed by atoms with Gasteiger partial charge in [-0.1, -0.05) is 36.4 Å². The summed E-state index contributed by atoms with van der Waals surface area (Å²) in [5.41, 5.74) is 6.53. The molecule has 0 unspecified atom stereocenters. The third-order valence-electron chi connectivity index (χ3n) is 3.89. The highest BCUT2D eigenvalue weighted by atomic mass is 15.3. The lowest BCUT2D eigenvalue weighted by atomic mass is 10.0. The molecule has 0 N–H and O–H groups in total. The molecule has 0 spiro atoms. The summed E-state index contributed by atoms with van der Waals surface area (Å²) in [5.74, 6) is 1.15. The standard InChI is InChI=1S/C18H18N4/c1-11-7-5-8-12(2)15(11)17-19-21-18(22-20-17)16-13(3)9-6-10-14(16)4/h5-10H,1-4H3. The molecule has 2 aromatic carbocycles. The first-order chi connectivity index (χ1) is 10.6. The van der Waals surface area contributed by atoms with Crippen LogP contribution in [0, 0.1) is 27.7 Å². The fourth-order valence-electron chi connectivity index (χ4n) is 2.76. The van der Waals surface area contributed by atoms with Crippen LogP contribution in [0.1, 0.15) is 22.3 Å². The molecule has 1 heterocycles. The normalized spacial score (nSPS) is 10.7. The predicted octanol–water partition coefficient (Wildman–Crippen LogP) is 3.83. The summed E-state index contributed by atoms with van der Waals surface area (Å²) in [5, 5.41) is 17.2. The molecule has 0 aliphatic rings. The van der Waals surface area contributed by atoms with E-state index in [2.05, 4.69) is 20.4 Å². The Hall–Kier alpha value is -2.62. The number of rotatable bonds is 2. The van der Waals surface area contributed by atoms with Crippen LogP contribution in [0.2, 0.25) is 0 Å². The van der Waals surface area contributed by atoms with Crippen LogP contribution in [0.15, 0.2) is 36.4 Å². The Labute approximate surface area is 130 Å². The van der Waals surface area contributed by atoms with Gasteiger partial charge < -0.3 is 0 Å². The molecule has 1 aromatic heterocycles. The lowest BCUT2D eigenvalue weighted by Gasteiger charge is -2.09. The molecule has 4 nitrogen and oxygen atoms in total. The highest BCUT2D eigenvalue weighted by molar-refractivity contribution is 5.66. The van der Waals surface area contributed by atoms with E-state index in [9.17, 15) is 0 Å². The van der Waals surface area contributed by atoms with Crippen molar-refractivity contribution in [1.29, 1.82) is 0 Å². The van der Waals surface area contributed by atoms with Gasteiger partial charge in [0.05, 0.1) is 0 Å². The summed E-state index contributed by atoms with van der Waals surface area (Å²) >= 11 is 0. The van der Waals surface area contributed by atoms with E-state index in [1.165, 1.54) is 0 Å². The molecular formula is C18H18N4. The van der Waals surface area contributed by atoms with Crippen LogP contribution >= 0.6 is 0 Å². The molecule has 0 fully saturated rings. The van der Waals surface area contributed by atoms with E-state index in [1.54, 1.807) is 0 Å². The van der Waals surface area contributed by atoms with Crippen LogP contribution in [0.4, 0.5) is 0 Å². The maximum atomic E-state index is 4.31. The van der Waals surface area contributed by atoms with Gasteiger partial charge in [-0.25, -0.2) is 0 Å². The molecule has 0 amide bonds. The number of hydrogen-bond acceptors (Lipinski definition) is 4. The summed E-state index contributed by atoms with van der Waals surface area (Å²) in [6, 6.07) is 12.2. The molecule has 0 aliphatic heterocycles. The summed E-state index contributed by atoms with van der Waals surface area (Å²) in [7, 11) is 0. The molecule has 0 aliphatic carbocycles. The monoisotopic (exact) mass is 290 g/mol. The number of hydrogen-bond donors (Lipinski definition) is 0. The second-order valence-corrected chi connectivity index (χ2v) is 5.58. The van der Waals surface area contributed by atoms with Crippen molar-refractivity contribution in [3.8, 4) is 22.8 Å². The average Bonchev–Trinajstić information content (AvgIpc) is 2.48. The molecule has 0 atom stereocenters. The Kier molecular flexibility index (Phi) is 3.67. The van der Waals surface area contributed by atoms with E-state index in [0.717, 1.165) is 33.4 Å². The summed E-state index contributed by atoms with van der Waals surface area (Å²) in [6.45, 7) is 8.19. The molecule has 4 heteroatoms. The van der Waals surface area contributed by atoms with Crippen molar-refractivity contribution < 1.29 is 0 Å². The van der Waals surface area contributed by atoms with E-state index in [-0.39, 0.29) is 0 Å². The van der Waals surface area contributed by atoms with Gasteiger partial charge in [0.25, 0.3) is 0 Å². The minimum atomic E-state index is 0.575. The lowest BCUT2D eigenvalue weighted by Crippen LogP contribution is -2.03. The van der Waals surface area contributed by atoms with Gasteiger partial charge in [0.1, 0.15) is 0 Å². The zero-order chi connectivity index (χ0) is 15.7. The van der Waals surface area contributed by atoms with Crippen molar-refractivity contribution in [1.82, 2.24) is 20.4 Å². The number of aryl methyl sites for hydroxylation is 4. The van der Waals surface area contributed by atoms with Gasteiger partial charge in [-0.05, 0) is 49.9 Å². The Bertz CT molecular complexity index is 712. The predicted molar refractivity (Wildman–Crippen MR) is 87.4 cm³/mol. The van der Waals surface area contributed by atoms with Gasteiger partial charge in [-0.3, -0.25) is 0 Å². The molecule has 22 heavy (non-hydrogen) atoms. The van der Waals surface area contributed by atoms with Gasteiger partial charge in [0, 0.05) is 11.1 Å². The van der Waals surface area contributed by atoms with E-state index in [4.69, 9.17) is 0 Å². The summed E-state index contributed by atoms with van der Waals surface area (Å²) in [4.78, 5) is 0. The van der Waals surface area contributed by atoms with Crippen molar-refractivity contribution in [3.63, 3.8) is 0 Å². The highest BCUT2D eigenvalue weighted by Crippen LogP contribution is 2.25. The second kappa shape index (κ2) is 5.64. The Morgan fingerprint density at radius 3 is 1.05 bits per heavy atom. The van der Waals surface area contributed by atoms with Crippen molar-refractivity contribution in [2.45, 2.75) is 27.7 Å². The molecule has 0 saturated heterocycles. The van der Waals surface area contributed by atoms with Crippen molar-refractivity contribution in [3.05, 3.63) is 58.7 Å². The topological polar surface area (TPSA) is 51.6 Å². The molecule has 110 valence electrons. The number of nitrogens with zero attached hydrogens (tertiary/aromatic N) is 4. The summed E-state index contributed by atoms with van der Waals surface area (Å²) < 4.78 is 0. The molecule has 0 saturated carbocycles. The Morgan fingerprint density at radius 2 is 0.773 bits per heavy atom. The smallest absolute Gasteiger partial charge is 0.126 e. The van der Waals surface area contributed by atoms with E-state index >= 15 is 0 Å². The maximum Gasteiger partial charge on any atom is 0.204 e. The highest BCUT2D eigenvalue weighted by Gasteiger charge is 2.13. The molecule has 0 bridgehead atoms. The fourth-order valence-corrected chi connectivity index (χ4v) is 2.76. The first-order valence-corrected chi connectivity index (χ1v) is 7.28. The maximum absolute atomic E-state index is 4.31. The molecule has 3 aromatic rings. The van der Waals surface area contributed by atoms with Crippen LogP contribution in [-0.2, 0) is 0 Å². The van der Waals surface area contributed by atoms with Crippen LogP contribution in [-0.4, -0.2) is 20.4 Å². The van der Waals surface area contributed by atoms with Crippen LogP contribution in [0.5, 0.6) is 0 Å². The second-order valence-electron chi connectivity index (χ2n) is 5.58. The van der Waals surface area contributed by atoms with Crippen molar-refractivity contribution >= 4 is 0 Å². The van der Waals surface area contributed by atoms with E-state index < -0.39 is 0 Å². The van der Waals surface area contributed by atoms with Crippen LogP contribution < -0.4 is 0 Å². The third-order valence-corrected chi connectivity index (χ3v) is 3.89. The minimum Gasteiger partial charge on any atom is -0.126 e. The van der Waals surface area contributed by atoms with Crippen LogP contribution in [0.3, 0.4) is 0 Å². The van der Waals surface area contributed by atoms with Gasteiger partial charge >= 0.3 is 0 Å². The molecule has 0 radical (unpaired) electrons. The molecular weight excluding hydrogens is 272 g/mol. The fraction of sp³-hybridized carbons (Fsp3) is 0.222. The zero-order valence-corrected chi connectivity index (χ0v) is 13.3. The number of benzene rings is 2. The summed E-state index contributed by atoms with van der Waals surface area (Å²) in [6.07, 6.45) is 0. The quantitative estimate of drug-likeness (QED) is 0.719. The number of aromatic nitrogens is 4. The Morgan fingerprint density at radius 1 is 0.500 bits per heavy atom. The van der Waals surface area contributed by atoms with Gasteiger partial charge in [0.15, 0.2) is 0 Å². The van der Waals surface area contributed by atoms with E-state index in [1.807, 2.05) is 64.1 Å². The van der Waals surface area contributed by atoms with Crippen molar-refractivity contribution in [2.24, 2.45) is 0 Å². The van der Waals surface area contributed by atoms with Gasteiger partial charge in [0.2, 0.25) is 11.6 Å². The van der Waals surface area contributed by atoms with Crippen LogP contribution in [0.25, 0.3) is 22.8 Å². The lowest BCUT2D eigenvalue weighted by molar-refractivity contribution is 0.871. The minimum absolute atomic E-state index is 0.575. The van der Waals surface area contributed by atoms with Gasteiger partial charge in [-0.2, -0.15) is 0 Å². The SMILES string of the molecule is Cc1cccc(C)c1-c1nnc(-c2c(C)cccc2C)nn1. The first kappa shape index (κ1) is 14.3. The Balaban J connectivity index is 2.08. The van der Waals surface area contributed by atoms with Gasteiger partial charge in [-0.15, -0.1) is 20.4 Å².